The van der Waals surface area contributed by atoms with E-state index in [2.05, 4.69) is 15.4 Å². The van der Waals surface area contributed by atoms with Gasteiger partial charge in [-0.2, -0.15) is 0 Å². The SMILES string of the molecule is CNCC(CC1CCCCC1)NC(=O)N1CCCC(C(O)(CCCCOC)c2ccccc2OC(F)(F)F)C1. The number of urea groups is 1. The minimum absolute atomic E-state index is 0.000171. The number of amides is 2. The number of hydrogen-bond donors (Lipinski definition) is 3. The van der Waals surface area contributed by atoms with E-state index in [0.717, 1.165) is 6.42 Å². The summed E-state index contributed by atoms with van der Waals surface area (Å²) in [6.07, 6.45) is 4.87. The van der Waals surface area contributed by atoms with E-state index >= 15 is 0 Å². The topological polar surface area (TPSA) is 83.1 Å². The number of piperidine rings is 1. The molecule has 7 nitrogen and oxygen atoms in total. The van der Waals surface area contributed by atoms with Crippen molar-refractivity contribution in [1.82, 2.24) is 15.5 Å². The van der Waals surface area contributed by atoms with Crippen LogP contribution in [0.5, 0.6) is 5.75 Å². The highest BCUT2D eigenvalue weighted by molar-refractivity contribution is 5.74. The molecule has 1 aliphatic carbocycles. The monoisotopic (exact) mass is 557 g/mol. The highest BCUT2D eigenvalue weighted by Gasteiger charge is 2.44. The molecule has 0 aromatic heterocycles. The Morgan fingerprint density at radius 1 is 1.13 bits per heavy atom. The molecule has 39 heavy (non-hydrogen) atoms. The summed E-state index contributed by atoms with van der Waals surface area (Å²) in [5, 5.41) is 18.5. The molecule has 3 atom stereocenters. The van der Waals surface area contributed by atoms with Crippen LogP contribution in [0.4, 0.5) is 18.0 Å². The second-order valence-corrected chi connectivity index (χ2v) is 11.1. The third-order valence-corrected chi connectivity index (χ3v) is 8.24. The molecule has 1 aliphatic heterocycles. The molecule has 2 amide bonds. The number of likely N-dealkylation sites (tertiary alicyclic amines) is 1. The van der Waals surface area contributed by atoms with Crippen LogP contribution in [0.15, 0.2) is 24.3 Å². The molecule has 3 N–H and O–H groups in total. The molecular formula is C29H46F3N3O4. The van der Waals surface area contributed by atoms with E-state index in [1.807, 2.05) is 7.05 Å². The first-order chi connectivity index (χ1) is 18.7. The molecule has 1 aromatic carbocycles. The molecular weight excluding hydrogens is 511 g/mol. The zero-order valence-electron chi connectivity index (χ0n) is 23.4. The number of alkyl halides is 3. The van der Waals surface area contributed by atoms with Gasteiger partial charge in [-0.05, 0) is 57.6 Å². The van der Waals surface area contributed by atoms with Gasteiger partial charge < -0.3 is 30.1 Å². The number of carbonyl (C=O) groups excluding carboxylic acids is 1. The number of halogens is 3. The highest BCUT2D eigenvalue weighted by atomic mass is 19.4. The fourth-order valence-corrected chi connectivity index (χ4v) is 6.32. The smallest absolute Gasteiger partial charge is 0.405 e. The van der Waals surface area contributed by atoms with E-state index in [-0.39, 0.29) is 30.6 Å². The van der Waals surface area contributed by atoms with Crippen molar-refractivity contribution in [1.29, 1.82) is 0 Å². The van der Waals surface area contributed by atoms with Crippen molar-refractivity contribution in [3.8, 4) is 5.75 Å². The number of unbranched alkanes of at least 4 members (excludes halogenated alkanes) is 1. The maximum atomic E-state index is 13.4. The predicted molar refractivity (Wildman–Crippen MR) is 144 cm³/mol. The fourth-order valence-electron chi connectivity index (χ4n) is 6.32. The van der Waals surface area contributed by atoms with Crippen LogP contribution in [0, 0.1) is 11.8 Å². The molecule has 0 bridgehead atoms. The Balaban J connectivity index is 1.77. The summed E-state index contributed by atoms with van der Waals surface area (Å²) >= 11 is 0. The average molecular weight is 558 g/mol. The first-order valence-corrected chi connectivity index (χ1v) is 14.4. The molecule has 1 saturated heterocycles. The predicted octanol–water partition coefficient (Wildman–Crippen LogP) is 5.57. The van der Waals surface area contributed by atoms with Crippen molar-refractivity contribution in [3.63, 3.8) is 0 Å². The van der Waals surface area contributed by atoms with E-state index < -0.39 is 23.6 Å². The summed E-state index contributed by atoms with van der Waals surface area (Å²) in [6, 6.07) is 5.63. The fraction of sp³-hybridized carbons (Fsp3) is 0.759. The Morgan fingerprint density at radius 3 is 2.56 bits per heavy atom. The average Bonchev–Trinajstić information content (AvgIpc) is 2.91. The van der Waals surface area contributed by atoms with Crippen LogP contribution < -0.4 is 15.4 Å². The van der Waals surface area contributed by atoms with Crippen LogP contribution in [0.2, 0.25) is 0 Å². The summed E-state index contributed by atoms with van der Waals surface area (Å²) < 4.78 is 49.2. The van der Waals surface area contributed by atoms with Crippen LogP contribution in [0.3, 0.4) is 0 Å². The van der Waals surface area contributed by atoms with Gasteiger partial charge in [0.15, 0.2) is 0 Å². The molecule has 0 radical (unpaired) electrons. The molecule has 222 valence electrons. The molecule has 3 unspecified atom stereocenters. The molecule has 1 heterocycles. The van der Waals surface area contributed by atoms with Gasteiger partial charge in [-0.25, -0.2) is 4.79 Å². The number of para-hydroxylation sites is 1. The zero-order chi connectivity index (χ0) is 28.3. The Kier molecular flexibility index (Phi) is 12.2. The molecule has 0 spiro atoms. The van der Waals surface area contributed by atoms with E-state index in [1.165, 1.54) is 50.3 Å². The second-order valence-electron chi connectivity index (χ2n) is 11.1. The van der Waals surface area contributed by atoms with Gasteiger partial charge in [0.2, 0.25) is 0 Å². The standard InChI is InChI=1S/C29H46F3N3O4/c1-33-20-24(19-22-11-4-3-5-12-22)34-27(36)35-17-10-13-23(21-35)28(37,16-8-9-18-38-2)25-14-6-7-15-26(25)39-29(30,31)32/h6-7,14-15,22-24,33,37H,3-5,8-13,16-21H2,1-2H3,(H,34,36). The molecule has 2 aliphatic rings. The summed E-state index contributed by atoms with van der Waals surface area (Å²) in [7, 11) is 3.47. The Bertz CT molecular complexity index is 882. The molecule has 10 heteroatoms. The summed E-state index contributed by atoms with van der Waals surface area (Å²) in [5.74, 6) is -0.241. The number of nitrogens with zero attached hydrogens (tertiary/aromatic N) is 1. The number of benzene rings is 1. The third-order valence-electron chi connectivity index (χ3n) is 8.24. The number of hydrogen-bond acceptors (Lipinski definition) is 5. The number of rotatable bonds is 13. The minimum Gasteiger partial charge on any atom is -0.405 e. The summed E-state index contributed by atoms with van der Waals surface area (Å²) in [4.78, 5) is 15.1. The van der Waals surface area contributed by atoms with Crippen molar-refractivity contribution in [2.45, 2.75) is 88.6 Å². The molecule has 2 fully saturated rings. The minimum atomic E-state index is -4.88. The van der Waals surface area contributed by atoms with Crippen LogP contribution in [0.1, 0.15) is 76.2 Å². The van der Waals surface area contributed by atoms with Crippen LogP contribution in [-0.2, 0) is 10.3 Å². The largest absolute Gasteiger partial charge is 0.573 e. The third kappa shape index (κ3) is 9.53. The number of likely N-dealkylation sites (N-methyl/N-ethyl adjacent to an activating group) is 1. The Labute approximate surface area is 230 Å². The maximum absolute atomic E-state index is 13.4. The number of carbonyl (C=O) groups is 1. The van der Waals surface area contributed by atoms with Crippen molar-refractivity contribution in [2.24, 2.45) is 11.8 Å². The highest BCUT2D eigenvalue weighted by Crippen LogP contribution is 2.44. The lowest BCUT2D eigenvalue weighted by Gasteiger charge is -2.43. The van der Waals surface area contributed by atoms with Gasteiger partial charge in [-0.1, -0.05) is 50.3 Å². The Hall–Kier alpha value is -2.04. The number of methoxy groups -OCH3 is 1. The summed E-state index contributed by atoms with van der Waals surface area (Å²) in [6.45, 7) is 1.95. The van der Waals surface area contributed by atoms with Gasteiger partial charge in [0, 0.05) is 50.9 Å². The van der Waals surface area contributed by atoms with Crippen LogP contribution in [0.25, 0.3) is 0 Å². The van der Waals surface area contributed by atoms with Crippen LogP contribution in [-0.4, -0.2) is 68.8 Å². The number of aliphatic hydroxyl groups is 1. The maximum Gasteiger partial charge on any atom is 0.573 e. The normalized spacial score (nSPS) is 21.3. The number of ether oxygens (including phenoxy) is 2. The van der Waals surface area contributed by atoms with E-state index in [4.69, 9.17) is 4.74 Å². The second kappa shape index (κ2) is 15.1. The number of nitrogens with one attached hydrogen (secondary N) is 2. The van der Waals surface area contributed by atoms with Crippen molar-refractivity contribution in [2.75, 3.05) is 40.4 Å². The van der Waals surface area contributed by atoms with Gasteiger partial charge in [0.1, 0.15) is 5.75 Å². The molecule has 3 rings (SSSR count). The van der Waals surface area contributed by atoms with E-state index in [0.29, 0.717) is 51.3 Å². The first kappa shape index (κ1) is 31.5. The van der Waals surface area contributed by atoms with Crippen molar-refractivity contribution in [3.05, 3.63) is 29.8 Å². The van der Waals surface area contributed by atoms with Crippen molar-refractivity contribution < 1.29 is 32.5 Å². The Morgan fingerprint density at radius 2 is 1.87 bits per heavy atom. The van der Waals surface area contributed by atoms with Gasteiger partial charge in [0.25, 0.3) is 0 Å². The van der Waals surface area contributed by atoms with Crippen LogP contribution >= 0.6 is 0 Å². The lowest BCUT2D eigenvalue weighted by Crippen LogP contribution is -2.54. The zero-order valence-corrected chi connectivity index (χ0v) is 23.4. The van der Waals surface area contributed by atoms with Gasteiger partial charge in [0.05, 0.1) is 5.60 Å². The quantitative estimate of drug-likeness (QED) is 0.276. The summed E-state index contributed by atoms with van der Waals surface area (Å²) in [5.41, 5.74) is -1.49. The van der Waals surface area contributed by atoms with E-state index in [1.54, 1.807) is 18.1 Å². The lowest BCUT2D eigenvalue weighted by molar-refractivity contribution is -0.275. The van der Waals surface area contributed by atoms with Crippen molar-refractivity contribution >= 4 is 6.03 Å². The van der Waals surface area contributed by atoms with Gasteiger partial charge in [-0.3, -0.25) is 0 Å². The van der Waals surface area contributed by atoms with E-state index in [9.17, 15) is 23.1 Å². The molecule has 1 aromatic rings. The van der Waals surface area contributed by atoms with Gasteiger partial charge >= 0.3 is 12.4 Å². The molecule has 1 saturated carbocycles. The lowest BCUT2D eigenvalue weighted by atomic mass is 9.73. The van der Waals surface area contributed by atoms with Gasteiger partial charge in [-0.15, -0.1) is 13.2 Å². The first-order valence-electron chi connectivity index (χ1n) is 14.4.